The molecular formula is C41H80O8Si3. The number of cyclic esters (lactones) is 1. The number of ketones is 1. The fraction of sp³-hybridized carbons (Fsp3) is 0.927. The molecule has 11 heteroatoms. The maximum atomic E-state index is 14.8. The van der Waals surface area contributed by atoms with Gasteiger partial charge in [0.25, 0.3) is 0 Å². The van der Waals surface area contributed by atoms with Crippen molar-refractivity contribution in [1.29, 1.82) is 0 Å². The number of ether oxygens (including phenoxy) is 2. The van der Waals surface area contributed by atoms with Gasteiger partial charge in [0, 0.05) is 17.8 Å². The van der Waals surface area contributed by atoms with Gasteiger partial charge < -0.3 is 22.8 Å². The Kier molecular flexibility index (Phi) is 18.2. The second-order valence-corrected chi connectivity index (χ2v) is 32.8. The fourth-order valence-electron chi connectivity index (χ4n) is 9.60. The molecule has 2 aliphatic heterocycles. The Labute approximate surface area is 322 Å². The molecule has 8 nitrogen and oxygen atoms in total. The Morgan fingerprint density at radius 2 is 1.23 bits per heavy atom. The monoisotopic (exact) mass is 785 g/mol. The van der Waals surface area contributed by atoms with Crippen LogP contribution < -0.4 is 0 Å². The van der Waals surface area contributed by atoms with Crippen LogP contribution >= 0.6 is 0 Å². The number of esters is 1. The van der Waals surface area contributed by atoms with E-state index >= 15 is 0 Å². The van der Waals surface area contributed by atoms with E-state index in [1.807, 2.05) is 13.8 Å². The van der Waals surface area contributed by atoms with E-state index in [9.17, 15) is 14.4 Å². The molecule has 0 radical (unpaired) electrons. The molecule has 2 heterocycles. The van der Waals surface area contributed by atoms with Crippen molar-refractivity contribution in [2.24, 2.45) is 17.3 Å². The number of rotatable bonds is 16. The van der Waals surface area contributed by atoms with Crippen LogP contribution in [0.5, 0.6) is 0 Å². The maximum Gasteiger partial charge on any atom is 0.309 e. The van der Waals surface area contributed by atoms with Crippen molar-refractivity contribution >= 4 is 43.0 Å². The van der Waals surface area contributed by atoms with E-state index in [4.69, 9.17) is 22.8 Å². The zero-order chi connectivity index (χ0) is 39.8. The molecule has 0 amide bonds. The van der Waals surface area contributed by atoms with E-state index in [0.717, 1.165) is 42.6 Å². The van der Waals surface area contributed by atoms with Gasteiger partial charge in [0.2, 0.25) is 8.32 Å². The Bertz CT molecular complexity index is 1100. The first-order valence-corrected chi connectivity index (χ1v) is 28.3. The maximum absolute atomic E-state index is 14.8. The van der Waals surface area contributed by atoms with Crippen molar-refractivity contribution in [3.8, 4) is 0 Å². The lowest BCUT2D eigenvalue weighted by Crippen LogP contribution is -2.56. The van der Waals surface area contributed by atoms with Gasteiger partial charge in [-0.05, 0) is 71.6 Å². The summed E-state index contributed by atoms with van der Waals surface area (Å²) in [6.45, 7) is 35.1. The number of Topliss-reactive ketones (excluding diaryl/α,β-unsaturated/α-hetero) is 1. The molecule has 0 saturated carbocycles. The highest BCUT2D eigenvalue weighted by Crippen LogP contribution is 2.46. The van der Waals surface area contributed by atoms with Crippen molar-refractivity contribution in [3.63, 3.8) is 0 Å². The summed E-state index contributed by atoms with van der Waals surface area (Å²) < 4.78 is 34.7. The number of fused-ring (bicyclic) bond motifs is 2. The van der Waals surface area contributed by atoms with Crippen LogP contribution in [0, 0.1) is 17.3 Å². The van der Waals surface area contributed by atoms with Crippen LogP contribution in [0.3, 0.4) is 0 Å². The van der Waals surface area contributed by atoms with Crippen molar-refractivity contribution in [2.45, 2.75) is 226 Å². The van der Waals surface area contributed by atoms with E-state index < -0.39 is 66.9 Å². The highest BCUT2D eigenvalue weighted by molar-refractivity contribution is 6.77. The van der Waals surface area contributed by atoms with Crippen molar-refractivity contribution in [1.82, 2.24) is 0 Å². The molecule has 0 aromatic rings. The summed E-state index contributed by atoms with van der Waals surface area (Å²) in [6, 6.07) is 5.64. The third-order valence-corrected chi connectivity index (χ3v) is 29.3. The van der Waals surface area contributed by atoms with E-state index in [0.29, 0.717) is 29.5 Å². The van der Waals surface area contributed by atoms with Gasteiger partial charge >= 0.3 is 5.97 Å². The minimum atomic E-state index is -2.30. The van der Waals surface area contributed by atoms with E-state index in [2.05, 4.69) is 96.9 Å². The van der Waals surface area contributed by atoms with Crippen molar-refractivity contribution < 1.29 is 37.1 Å². The molecule has 2 saturated heterocycles. The molecule has 2 rings (SSSR count). The first-order valence-electron chi connectivity index (χ1n) is 21.1. The lowest BCUT2D eigenvalue weighted by atomic mass is 9.76. The average molecular weight is 785 g/mol. The summed E-state index contributed by atoms with van der Waals surface area (Å²) in [4.78, 5) is 41.6. The van der Waals surface area contributed by atoms with Gasteiger partial charge in [-0.15, -0.1) is 0 Å². The average Bonchev–Trinajstić information content (AvgIpc) is 3.09. The highest BCUT2D eigenvalue weighted by Gasteiger charge is 2.52. The van der Waals surface area contributed by atoms with Crippen LogP contribution in [0.25, 0.3) is 0 Å². The summed E-state index contributed by atoms with van der Waals surface area (Å²) in [5.41, 5.74) is 0.315. The lowest BCUT2D eigenvalue weighted by Gasteiger charge is -2.49. The highest BCUT2D eigenvalue weighted by atomic mass is 28.4. The summed E-state index contributed by atoms with van der Waals surface area (Å²) in [5, 5.41) is 0. The number of aldehydes is 1. The zero-order valence-electron chi connectivity index (χ0n) is 36.3. The number of carbonyl (C=O) groups excluding carboxylic acids is 3. The Balaban J connectivity index is 2.77. The largest absolute Gasteiger partial charge is 0.454 e. The van der Waals surface area contributed by atoms with Gasteiger partial charge in [0.1, 0.15) is 6.10 Å². The first-order chi connectivity index (χ1) is 24.2. The topological polar surface area (TPSA) is 97.4 Å². The molecule has 8 atom stereocenters. The SMILES string of the molecule is CC[Si](CC)(CC)O[C@@H]1C(=O)C[C@@H]2C[C@H](O[Si](C(C)C)(C(C)C)C(C)C)[C@@H](C)[C@H](CC(=O)O[C@H](C=O)C(C)(C)[C@H](O[Si](CC)(CC)CC)C[C@H]1C)O2. The van der Waals surface area contributed by atoms with Gasteiger partial charge in [-0.25, -0.2) is 0 Å². The molecule has 304 valence electrons. The molecule has 2 aliphatic rings. The molecule has 0 aromatic carbocycles. The quantitative estimate of drug-likeness (QED) is 0.0867. The molecule has 0 N–H and O–H groups in total. The second kappa shape index (κ2) is 19.9. The molecule has 52 heavy (non-hydrogen) atoms. The Hall–Kier alpha value is -0.699. The summed E-state index contributed by atoms with van der Waals surface area (Å²) in [5.74, 6) is -0.701. The van der Waals surface area contributed by atoms with Crippen LogP contribution in [0.4, 0.5) is 0 Å². The molecule has 0 spiro atoms. The van der Waals surface area contributed by atoms with E-state index in [1.54, 1.807) is 0 Å². The Morgan fingerprint density at radius 3 is 1.67 bits per heavy atom. The molecule has 2 fully saturated rings. The van der Waals surface area contributed by atoms with Gasteiger partial charge in [-0.3, -0.25) is 14.4 Å². The Morgan fingerprint density at radius 1 is 0.750 bits per heavy atom. The molecule has 0 unspecified atom stereocenters. The molecule has 0 aliphatic carbocycles. The molecule has 0 aromatic heterocycles. The van der Waals surface area contributed by atoms with Crippen LogP contribution in [0.2, 0.25) is 52.9 Å². The first kappa shape index (κ1) is 47.5. The summed E-state index contributed by atoms with van der Waals surface area (Å²) >= 11 is 0. The smallest absolute Gasteiger partial charge is 0.309 e. The summed E-state index contributed by atoms with van der Waals surface area (Å²) in [6.07, 6.45) is -1.08. The second-order valence-electron chi connectivity index (χ2n) is 18.0. The number of hydrogen-bond acceptors (Lipinski definition) is 8. The molecule has 2 bridgehead atoms. The van der Waals surface area contributed by atoms with Gasteiger partial charge in [0.15, 0.2) is 34.8 Å². The van der Waals surface area contributed by atoms with E-state index in [-0.39, 0.29) is 36.6 Å². The fourth-order valence-corrected chi connectivity index (χ4v) is 21.2. The number of carbonyl (C=O) groups is 3. The van der Waals surface area contributed by atoms with Gasteiger partial charge in [-0.1, -0.05) is 111 Å². The van der Waals surface area contributed by atoms with Crippen LogP contribution in [-0.4, -0.2) is 79.6 Å². The van der Waals surface area contributed by atoms with Crippen LogP contribution in [-0.2, 0) is 37.1 Å². The lowest BCUT2D eigenvalue weighted by molar-refractivity contribution is -0.176. The minimum Gasteiger partial charge on any atom is -0.454 e. The standard InChI is InChI=1S/C41H80O8Si3/c1-17-50(18-2,19-3)48-37-23-31(13)40(49-51(20-4,21-5)22-6)34(43)24-33-25-36(47-52(28(7)8,29(9)10)30(11)12)32(14)35(45-33)26-39(44)46-38(27-42)41(37,15)16/h27-33,35-38,40H,17-26H2,1-16H3/t31-,32+,33-,35+,36+,37-,38-,40+/m1/s1. The predicted octanol–water partition coefficient (Wildman–Crippen LogP) is 10.6. The van der Waals surface area contributed by atoms with E-state index in [1.165, 1.54) is 0 Å². The predicted molar refractivity (Wildman–Crippen MR) is 220 cm³/mol. The number of hydrogen-bond donors (Lipinski definition) is 0. The van der Waals surface area contributed by atoms with Crippen molar-refractivity contribution in [3.05, 3.63) is 0 Å². The molecular weight excluding hydrogens is 705 g/mol. The van der Waals surface area contributed by atoms with Crippen molar-refractivity contribution in [2.75, 3.05) is 0 Å². The third-order valence-electron chi connectivity index (χ3n) is 13.9. The zero-order valence-corrected chi connectivity index (χ0v) is 39.3. The third kappa shape index (κ3) is 10.6. The van der Waals surface area contributed by atoms with Crippen LogP contribution in [0.15, 0.2) is 0 Å². The normalized spacial score (nSPS) is 30.1. The van der Waals surface area contributed by atoms with Gasteiger partial charge in [-0.2, -0.15) is 0 Å². The minimum absolute atomic E-state index is 0.0112. The van der Waals surface area contributed by atoms with Crippen LogP contribution in [0.1, 0.15) is 136 Å². The summed E-state index contributed by atoms with van der Waals surface area (Å²) in [7, 11) is -6.70. The van der Waals surface area contributed by atoms with Gasteiger partial charge in [0.05, 0.1) is 30.8 Å².